The zero-order valence-electron chi connectivity index (χ0n) is 28.5. The monoisotopic (exact) mass is 620 g/mol. The number of rotatable bonds is 4. The van der Waals surface area contributed by atoms with Gasteiger partial charge in [0.05, 0.1) is 21.5 Å². The van der Waals surface area contributed by atoms with Crippen LogP contribution >= 0.6 is 0 Å². The van der Waals surface area contributed by atoms with Crippen LogP contribution in [-0.4, -0.2) is 21.9 Å². The van der Waals surface area contributed by atoms with Gasteiger partial charge in [-0.25, -0.2) is 4.79 Å². The Bertz CT molecular complexity index is 1440. The third kappa shape index (κ3) is 4.54. The van der Waals surface area contributed by atoms with E-state index in [9.17, 15) is 25.0 Å². The van der Waals surface area contributed by atoms with Crippen molar-refractivity contribution in [2.24, 2.45) is 56.7 Å². The smallest absolute Gasteiger partial charge is 0.338 e. The van der Waals surface area contributed by atoms with Gasteiger partial charge in [0, 0.05) is 17.5 Å². The number of benzene rings is 1. The summed E-state index contributed by atoms with van der Waals surface area (Å²) >= 11 is 0. The molecule has 4 fully saturated rings. The van der Waals surface area contributed by atoms with Crippen molar-refractivity contribution in [3.05, 3.63) is 55.6 Å². The second-order valence-electron chi connectivity index (χ2n) is 17.3. The van der Waals surface area contributed by atoms with Gasteiger partial charge < -0.3 is 4.74 Å². The molecule has 45 heavy (non-hydrogen) atoms. The van der Waals surface area contributed by atoms with Crippen molar-refractivity contribution >= 4 is 17.3 Å². The molecular formula is C37H52N2O6. The van der Waals surface area contributed by atoms with Crippen LogP contribution in [0.15, 0.2) is 29.8 Å². The first-order valence-electron chi connectivity index (χ1n) is 17.2. The Morgan fingerprint density at radius 3 is 2.09 bits per heavy atom. The number of hydrogen-bond donors (Lipinski definition) is 0. The topological polar surface area (TPSA) is 113 Å². The first-order chi connectivity index (χ1) is 20.9. The van der Waals surface area contributed by atoms with Gasteiger partial charge in [0.2, 0.25) is 0 Å². The maximum absolute atomic E-state index is 13.4. The number of nitrogens with zero attached hydrogens (tertiary/aromatic N) is 2. The van der Waals surface area contributed by atoms with E-state index in [1.165, 1.54) is 25.7 Å². The highest BCUT2D eigenvalue weighted by atomic mass is 16.6. The standard InChI is InChI=1S/C37H52N2O6/c1-22-11-14-34(5)17-18-36(7)27(31(34)23(22)2)9-10-29-35(6)15-13-30(33(3,4)28(35)12-16-37(29,36)8)45-32(40)24-19-25(38(41)42)21-26(20-24)39(43)44/h9,19-23,28-31H,10-18H2,1-8H3. The molecule has 5 aliphatic carbocycles. The zero-order chi connectivity index (χ0) is 32.9. The van der Waals surface area contributed by atoms with Gasteiger partial charge >= 0.3 is 5.97 Å². The van der Waals surface area contributed by atoms with Crippen LogP contribution in [0.25, 0.3) is 0 Å². The molecule has 0 N–H and O–H groups in total. The van der Waals surface area contributed by atoms with E-state index in [0.29, 0.717) is 35.5 Å². The van der Waals surface area contributed by atoms with E-state index in [2.05, 4.69) is 61.5 Å². The largest absolute Gasteiger partial charge is 0.458 e. The van der Waals surface area contributed by atoms with Gasteiger partial charge in [0.25, 0.3) is 11.4 Å². The Kier molecular flexibility index (Phi) is 7.41. The lowest BCUT2D eigenvalue weighted by molar-refractivity contribution is -0.394. The molecule has 8 heteroatoms. The van der Waals surface area contributed by atoms with Crippen LogP contribution in [0, 0.1) is 76.9 Å². The summed E-state index contributed by atoms with van der Waals surface area (Å²) in [5.41, 5.74) is 1.20. The van der Waals surface area contributed by atoms with Gasteiger partial charge in [0.15, 0.2) is 0 Å². The third-order valence-electron chi connectivity index (χ3n) is 15.1. The molecule has 4 saturated carbocycles. The molecule has 0 saturated heterocycles. The Hall–Kier alpha value is -2.77. The molecule has 0 radical (unpaired) electrons. The van der Waals surface area contributed by atoms with E-state index < -0.39 is 27.2 Å². The number of nitro benzene ring substituents is 2. The predicted octanol–water partition coefficient (Wildman–Crippen LogP) is 9.71. The predicted molar refractivity (Wildman–Crippen MR) is 174 cm³/mol. The minimum Gasteiger partial charge on any atom is -0.458 e. The van der Waals surface area contributed by atoms with Gasteiger partial charge in [-0.3, -0.25) is 20.2 Å². The zero-order valence-corrected chi connectivity index (χ0v) is 28.5. The average Bonchev–Trinajstić information content (AvgIpc) is 2.97. The van der Waals surface area contributed by atoms with Crippen molar-refractivity contribution in [2.75, 3.05) is 0 Å². The molecule has 0 heterocycles. The number of non-ortho nitro benzene ring substituents is 2. The maximum atomic E-state index is 13.4. The minimum atomic E-state index is -0.733. The normalized spacial score (nSPS) is 43.4. The molecule has 0 aromatic heterocycles. The second-order valence-corrected chi connectivity index (χ2v) is 17.3. The molecule has 246 valence electrons. The number of hydrogen-bond acceptors (Lipinski definition) is 6. The molecule has 0 bridgehead atoms. The fraction of sp³-hybridized carbons (Fsp3) is 0.757. The van der Waals surface area contributed by atoms with Crippen molar-refractivity contribution < 1.29 is 19.4 Å². The quantitative estimate of drug-likeness (QED) is 0.143. The van der Waals surface area contributed by atoms with Crippen molar-refractivity contribution in [1.82, 2.24) is 0 Å². The molecule has 1 aromatic rings. The van der Waals surface area contributed by atoms with Crippen LogP contribution in [0.4, 0.5) is 11.4 Å². The van der Waals surface area contributed by atoms with E-state index in [4.69, 9.17) is 4.74 Å². The number of fused-ring (bicyclic) bond motifs is 7. The first kappa shape index (κ1) is 32.2. The highest BCUT2D eigenvalue weighted by molar-refractivity contribution is 5.91. The summed E-state index contributed by atoms with van der Waals surface area (Å²) in [5, 5.41) is 22.9. The molecule has 10 unspecified atom stereocenters. The van der Waals surface area contributed by atoms with E-state index in [1.54, 1.807) is 5.57 Å². The van der Waals surface area contributed by atoms with E-state index in [1.807, 2.05) is 0 Å². The van der Waals surface area contributed by atoms with Crippen LogP contribution < -0.4 is 0 Å². The van der Waals surface area contributed by atoms with Crippen molar-refractivity contribution in [3.8, 4) is 0 Å². The molecule has 1 aromatic carbocycles. The van der Waals surface area contributed by atoms with Crippen LogP contribution in [-0.2, 0) is 4.74 Å². The van der Waals surface area contributed by atoms with Crippen LogP contribution in [0.1, 0.15) is 124 Å². The van der Waals surface area contributed by atoms with Crippen molar-refractivity contribution in [2.45, 2.75) is 119 Å². The lowest BCUT2D eigenvalue weighted by Gasteiger charge is -2.71. The van der Waals surface area contributed by atoms with Gasteiger partial charge in [-0.15, -0.1) is 0 Å². The molecule has 0 spiro atoms. The summed E-state index contributed by atoms with van der Waals surface area (Å²) in [6.45, 7) is 19.7. The molecule has 5 aliphatic rings. The summed E-state index contributed by atoms with van der Waals surface area (Å²) in [7, 11) is 0. The SMILES string of the molecule is CC1CCC2(C)CCC3(C)C(=CCC4C5(C)CCC(OC(=O)c6cc([N+](=O)[O-])cc([N+](=O)[O-])c6)C(C)(C)C5CCC43C)C2C1C. The summed E-state index contributed by atoms with van der Waals surface area (Å²) in [6, 6.07) is 3.03. The van der Waals surface area contributed by atoms with Crippen molar-refractivity contribution in [3.63, 3.8) is 0 Å². The fourth-order valence-electron chi connectivity index (χ4n) is 12.2. The number of nitro groups is 2. The lowest BCUT2D eigenvalue weighted by atomic mass is 9.33. The van der Waals surface area contributed by atoms with Crippen LogP contribution in [0.5, 0.6) is 0 Å². The highest BCUT2D eigenvalue weighted by Crippen LogP contribution is 2.75. The molecule has 6 rings (SSSR count). The van der Waals surface area contributed by atoms with Crippen LogP contribution in [0.3, 0.4) is 0 Å². The summed E-state index contributed by atoms with van der Waals surface area (Å²) in [6.07, 6.45) is 12.6. The van der Waals surface area contributed by atoms with Gasteiger partial charge in [0.1, 0.15) is 6.10 Å². The average molecular weight is 621 g/mol. The minimum absolute atomic E-state index is 0.0843. The number of esters is 1. The highest BCUT2D eigenvalue weighted by Gasteiger charge is 2.68. The van der Waals surface area contributed by atoms with E-state index in [-0.39, 0.29) is 33.3 Å². The maximum Gasteiger partial charge on any atom is 0.338 e. The number of carbonyl (C=O) groups excluding carboxylic acids is 1. The number of allylic oxidation sites excluding steroid dienone is 2. The molecule has 10 atom stereocenters. The number of carbonyl (C=O) groups is 1. The number of ether oxygens (including phenoxy) is 1. The Morgan fingerprint density at radius 2 is 1.47 bits per heavy atom. The van der Waals surface area contributed by atoms with Gasteiger partial charge in [-0.2, -0.15) is 0 Å². The van der Waals surface area contributed by atoms with E-state index in [0.717, 1.165) is 49.8 Å². The summed E-state index contributed by atoms with van der Waals surface area (Å²) in [5.74, 6) is 2.28. The fourth-order valence-corrected chi connectivity index (χ4v) is 12.2. The Labute approximate surface area is 268 Å². The van der Waals surface area contributed by atoms with E-state index >= 15 is 0 Å². The van der Waals surface area contributed by atoms with Crippen LogP contribution in [0.2, 0.25) is 0 Å². The van der Waals surface area contributed by atoms with Gasteiger partial charge in [-0.05, 0) is 109 Å². The summed E-state index contributed by atoms with van der Waals surface area (Å²) < 4.78 is 6.12. The first-order valence-corrected chi connectivity index (χ1v) is 17.2. The summed E-state index contributed by atoms with van der Waals surface area (Å²) in [4.78, 5) is 34.8. The lowest BCUT2D eigenvalue weighted by Crippen LogP contribution is -2.65. The third-order valence-corrected chi connectivity index (χ3v) is 15.1. The molecular weight excluding hydrogens is 568 g/mol. The Morgan fingerprint density at radius 1 is 0.822 bits per heavy atom. The van der Waals surface area contributed by atoms with Gasteiger partial charge in [-0.1, -0.05) is 67.0 Å². The molecule has 0 aliphatic heterocycles. The molecule has 0 amide bonds. The van der Waals surface area contributed by atoms with Crippen molar-refractivity contribution in [1.29, 1.82) is 0 Å². The second kappa shape index (κ2) is 10.4. The molecule has 8 nitrogen and oxygen atoms in total. The Balaban J connectivity index is 1.29.